The summed E-state index contributed by atoms with van der Waals surface area (Å²) in [5, 5.41) is 11.1. The highest BCUT2D eigenvalue weighted by Crippen LogP contribution is 2.64. The standard InChI is InChI=1S/C39H45BClF5N6O7/c1-36(2)21-11-22(36)31-38(4,15-21)59-40(58-31)29(14-30(42)43)50-32(53)26-16-37(3,51-35(55)49-24-12-23(41)27(56-5)13-28(24)57-6)34-48-18-25(33(54)52(26)34)47-17-19-8-7-9-20(10-19)39(44,45)46/h7-10,12-13,18,21-22,26,29-31,47H,11,14-17H2,1-6H3,(H,50,53)(H2,49,51,55)/t21?,22?,26-,29-,31+,37+,38-/m0/s1. The van der Waals surface area contributed by atoms with E-state index >= 15 is 0 Å². The van der Waals surface area contributed by atoms with Gasteiger partial charge in [-0.3, -0.25) is 14.2 Å². The molecule has 2 aliphatic heterocycles. The smallest absolute Gasteiger partial charge is 0.481 e. The summed E-state index contributed by atoms with van der Waals surface area (Å²) >= 11 is 6.30. The van der Waals surface area contributed by atoms with Crippen LogP contribution < -0.4 is 36.3 Å². The maximum absolute atomic E-state index is 14.4. The maximum Gasteiger partial charge on any atom is 0.481 e. The number of rotatable bonds is 12. The Balaban J connectivity index is 1.18. The van der Waals surface area contributed by atoms with Gasteiger partial charge in [0.05, 0.1) is 59.9 Å². The Kier molecular flexibility index (Phi) is 11.1. The molecule has 4 fully saturated rings. The van der Waals surface area contributed by atoms with Crippen LogP contribution in [0.1, 0.15) is 76.4 Å². The Bertz CT molecular complexity index is 2200. The number of alkyl halides is 5. The molecule has 7 atom stereocenters. The van der Waals surface area contributed by atoms with E-state index in [2.05, 4.69) is 40.1 Å². The van der Waals surface area contributed by atoms with Crippen molar-refractivity contribution in [3.05, 3.63) is 74.9 Å². The van der Waals surface area contributed by atoms with Gasteiger partial charge in [0, 0.05) is 25.5 Å². The molecule has 13 nitrogen and oxygen atoms in total. The molecule has 4 N–H and O–H groups in total. The molecule has 318 valence electrons. The Labute approximate surface area is 342 Å². The number of halogens is 6. The highest BCUT2D eigenvalue weighted by Gasteiger charge is 2.67. The van der Waals surface area contributed by atoms with Crippen molar-refractivity contribution in [1.82, 2.24) is 20.2 Å². The number of hydrogen-bond acceptors (Lipinski definition) is 9. The summed E-state index contributed by atoms with van der Waals surface area (Å²) in [6, 6.07) is 5.18. The average molecular weight is 851 g/mol. The van der Waals surface area contributed by atoms with E-state index in [-0.39, 0.29) is 69.7 Å². The number of carbonyl (C=O) groups is 2. The summed E-state index contributed by atoms with van der Waals surface area (Å²) in [6.07, 6.45) is -6.17. The third kappa shape index (κ3) is 7.92. The number of ether oxygens (including phenoxy) is 2. The van der Waals surface area contributed by atoms with Crippen LogP contribution in [0.4, 0.5) is 38.1 Å². The van der Waals surface area contributed by atoms with Crippen LogP contribution in [-0.2, 0) is 32.4 Å². The minimum absolute atomic E-state index is 0.0208. The fourth-order valence-electron chi connectivity index (χ4n) is 9.22. The molecule has 3 saturated carbocycles. The SMILES string of the molecule is COc1cc(OC)c(NC(=O)N[C@]2(C)C[C@@H](C(=O)N[C@@H](CC(F)F)B3O[C@@H]4C5CC(C[C@]4(C)O3)C5(C)C)n3c2ncc(NCc2cccc(C(F)(F)F)c2)c3=O)cc1Cl. The van der Waals surface area contributed by atoms with Crippen molar-refractivity contribution in [3.8, 4) is 11.5 Å². The number of nitrogens with zero attached hydrogens (tertiary/aromatic N) is 2. The highest BCUT2D eigenvalue weighted by atomic mass is 35.5. The molecule has 2 bridgehead atoms. The number of amides is 3. The molecule has 5 aliphatic rings. The molecule has 1 saturated heterocycles. The molecule has 0 spiro atoms. The van der Waals surface area contributed by atoms with Crippen molar-refractivity contribution in [1.29, 1.82) is 0 Å². The summed E-state index contributed by atoms with van der Waals surface area (Å²) < 4.78 is 93.0. The number of nitrogens with one attached hydrogen (secondary N) is 4. The van der Waals surface area contributed by atoms with Crippen LogP contribution >= 0.6 is 11.6 Å². The zero-order valence-corrected chi connectivity index (χ0v) is 33.9. The lowest BCUT2D eigenvalue weighted by molar-refractivity contribution is -0.185. The second-order valence-electron chi connectivity index (χ2n) is 16.7. The number of anilines is 2. The lowest BCUT2D eigenvalue weighted by Gasteiger charge is -2.63. The monoisotopic (exact) mass is 850 g/mol. The molecular formula is C39H45BClF5N6O7. The molecule has 0 radical (unpaired) electrons. The summed E-state index contributed by atoms with van der Waals surface area (Å²) in [5.41, 5.74) is -3.77. The quantitative estimate of drug-likeness (QED) is 0.112. The number of urea groups is 1. The van der Waals surface area contributed by atoms with Crippen LogP contribution in [0.3, 0.4) is 0 Å². The number of benzene rings is 2. The lowest BCUT2D eigenvalue weighted by atomic mass is 9.45. The normalized spacial score (nSPS) is 27.0. The van der Waals surface area contributed by atoms with Gasteiger partial charge in [-0.1, -0.05) is 37.6 Å². The van der Waals surface area contributed by atoms with Crippen LogP contribution in [0.5, 0.6) is 11.5 Å². The van der Waals surface area contributed by atoms with E-state index in [4.69, 9.17) is 30.4 Å². The summed E-state index contributed by atoms with van der Waals surface area (Å²) in [4.78, 5) is 46.7. The lowest BCUT2D eigenvalue weighted by Crippen LogP contribution is -2.63. The number of fused-ring (bicyclic) bond motifs is 1. The Morgan fingerprint density at radius 3 is 2.46 bits per heavy atom. The van der Waals surface area contributed by atoms with Gasteiger partial charge in [-0.2, -0.15) is 13.2 Å². The van der Waals surface area contributed by atoms with Crippen molar-refractivity contribution in [2.24, 2.45) is 17.3 Å². The molecule has 3 aliphatic carbocycles. The van der Waals surface area contributed by atoms with Crippen molar-refractivity contribution in [2.75, 3.05) is 24.9 Å². The first-order valence-corrected chi connectivity index (χ1v) is 19.5. The zero-order chi connectivity index (χ0) is 42.8. The minimum Gasteiger partial charge on any atom is -0.495 e. The third-order valence-corrected chi connectivity index (χ3v) is 12.8. The molecule has 59 heavy (non-hydrogen) atoms. The van der Waals surface area contributed by atoms with E-state index in [1.807, 2.05) is 6.92 Å². The number of methoxy groups -OCH3 is 2. The largest absolute Gasteiger partial charge is 0.495 e. The first-order valence-electron chi connectivity index (χ1n) is 19.1. The summed E-state index contributed by atoms with van der Waals surface area (Å²) in [5.74, 6) is -1.22. The van der Waals surface area contributed by atoms with Gasteiger partial charge in [0.25, 0.3) is 5.56 Å². The van der Waals surface area contributed by atoms with E-state index in [1.165, 1.54) is 45.4 Å². The predicted octanol–water partition coefficient (Wildman–Crippen LogP) is 6.93. The van der Waals surface area contributed by atoms with Crippen molar-refractivity contribution < 1.29 is 50.3 Å². The van der Waals surface area contributed by atoms with Gasteiger partial charge >= 0.3 is 19.3 Å². The molecule has 3 heterocycles. The molecule has 3 aromatic rings. The molecule has 8 rings (SSSR count). The van der Waals surface area contributed by atoms with E-state index in [0.717, 1.165) is 29.3 Å². The van der Waals surface area contributed by atoms with Gasteiger partial charge in [0.1, 0.15) is 29.1 Å². The van der Waals surface area contributed by atoms with Gasteiger partial charge in [-0.05, 0) is 67.7 Å². The van der Waals surface area contributed by atoms with Crippen LogP contribution in [0.25, 0.3) is 0 Å². The first kappa shape index (κ1) is 42.5. The van der Waals surface area contributed by atoms with E-state index in [0.29, 0.717) is 12.3 Å². The number of aromatic nitrogens is 2. The van der Waals surface area contributed by atoms with Gasteiger partial charge in [0.2, 0.25) is 12.3 Å². The fraction of sp³-hybridized carbons (Fsp3) is 0.538. The van der Waals surface area contributed by atoms with E-state index in [9.17, 15) is 36.3 Å². The van der Waals surface area contributed by atoms with Gasteiger partial charge in [-0.25, -0.2) is 18.6 Å². The topological polar surface area (TPSA) is 154 Å². The Hall–Kier alpha value is -4.62. The van der Waals surface area contributed by atoms with Crippen LogP contribution in [0.2, 0.25) is 5.02 Å². The van der Waals surface area contributed by atoms with Crippen LogP contribution in [0, 0.1) is 17.3 Å². The zero-order valence-electron chi connectivity index (χ0n) is 33.1. The summed E-state index contributed by atoms with van der Waals surface area (Å²) in [7, 11) is 1.57. The second kappa shape index (κ2) is 15.4. The average Bonchev–Trinajstić information content (AvgIpc) is 3.68. The van der Waals surface area contributed by atoms with Gasteiger partial charge in [-0.15, -0.1) is 0 Å². The third-order valence-electron chi connectivity index (χ3n) is 12.5. The number of carbonyl (C=O) groups excluding carboxylic acids is 2. The Morgan fingerprint density at radius 2 is 1.80 bits per heavy atom. The van der Waals surface area contributed by atoms with Crippen LogP contribution in [0.15, 0.2) is 47.4 Å². The van der Waals surface area contributed by atoms with E-state index in [1.54, 1.807) is 0 Å². The fourth-order valence-corrected chi connectivity index (χ4v) is 9.46. The maximum atomic E-state index is 14.4. The van der Waals surface area contributed by atoms with Gasteiger partial charge in [0.15, 0.2) is 0 Å². The minimum atomic E-state index is -4.59. The summed E-state index contributed by atoms with van der Waals surface area (Å²) in [6.45, 7) is 7.52. The highest BCUT2D eigenvalue weighted by molar-refractivity contribution is 6.48. The molecule has 1 aromatic heterocycles. The molecule has 20 heteroatoms. The Morgan fingerprint density at radius 1 is 1.07 bits per heavy atom. The molecule has 2 aromatic carbocycles. The molecule has 3 amide bonds. The molecule has 2 unspecified atom stereocenters. The molecular weight excluding hydrogens is 806 g/mol. The second-order valence-corrected chi connectivity index (χ2v) is 17.1. The van der Waals surface area contributed by atoms with Crippen molar-refractivity contribution >= 4 is 42.0 Å². The van der Waals surface area contributed by atoms with Crippen molar-refractivity contribution in [3.63, 3.8) is 0 Å². The number of hydrogen-bond donors (Lipinski definition) is 4. The van der Waals surface area contributed by atoms with E-state index < -0.39 is 72.3 Å². The van der Waals surface area contributed by atoms with Crippen LogP contribution in [-0.4, -0.2) is 66.9 Å². The van der Waals surface area contributed by atoms with Gasteiger partial charge < -0.3 is 40.0 Å². The van der Waals surface area contributed by atoms with Crippen molar-refractivity contribution in [2.45, 2.75) is 102 Å². The predicted molar refractivity (Wildman–Crippen MR) is 208 cm³/mol. The first-order chi connectivity index (χ1) is 27.7.